The number of nitrogens with zero attached hydrogens (tertiary/aromatic N) is 3. The Morgan fingerprint density at radius 3 is 2.15 bits per heavy atom. The molecule has 2 heterocycles. The van der Waals surface area contributed by atoms with E-state index in [1.165, 1.54) is 0 Å². The second kappa shape index (κ2) is 13.1. The van der Waals surface area contributed by atoms with Crippen LogP contribution in [0.25, 0.3) is 0 Å². The van der Waals surface area contributed by atoms with Gasteiger partial charge in [0.1, 0.15) is 0 Å². The van der Waals surface area contributed by atoms with Crippen LogP contribution in [-0.2, 0) is 23.9 Å². The predicted octanol–water partition coefficient (Wildman–Crippen LogP) is 2.83. The maximum absolute atomic E-state index is 13.2. The summed E-state index contributed by atoms with van der Waals surface area (Å²) in [7, 11) is 0. The molecule has 5 rings (SSSR count). The van der Waals surface area contributed by atoms with Gasteiger partial charge in [0.05, 0.1) is 24.5 Å². The van der Waals surface area contributed by atoms with E-state index in [-0.39, 0.29) is 29.8 Å². The average molecular weight is 564 g/mol. The van der Waals surface area contributed by atoms with Gasteiger partial charge in [-0.2, -0.15) is 0 Å². The van der Waals surface area contributed by atoms with Gasteiger partial charge in [0, 0.05) is 50.0 Å². The standard InChI is InChI=1S/C26H36ClN3O3.C2H2O4/c1-2-3-13-33-22(16-28-9-11-29(12-10-28)21-6-4-5-20(27)15-21)17-30-25(31)23-18-7-8-19(14-18)24(23)26(30)32;3-1(4)2(5)6/h4-6,15,18-19,22-24H,2-3,7-14,16-17H2,1H3;(H,3,4)(H,5,6)/t18-,19?,22?,23-,24?;/m0./s1. The molecule has 0 radical (unpaired) electrons. The number of halogens is 1. The maximum Gasteiger partial charge on any atom is 0.414 e. The average Bonchev–Trinajstić information content (AvgIpc) is 3.60. The van der Waals surface area contributed by atoms with Gasteiger partial charge in [-0.05, 0) is 55.7 Å². The molecule has 4 fully saturated rings. The van der Waals surface area contributed by atoms with Gasteiger partial charge in [0.2, 0.25) is 11.8 Å². The van der Waals surface area contributed by atoms with E-state index in [9.17, 15) is 9.59 Å². The Labute approximate surface area is 233 Å². The lowest BCUT2D eigenvalue weighted by atomic mass is 9.81. The van der Waals surface area contributed by atoms with Crippen LogP contribution in [0.5, 0.6) is 0 Å². The summed E-state index contributed by atoms with van der Waals surface area (Å²) in [6.07, 6.45) is 5.25. The Morgan fingerprint density at radius 2 is 1.62 bits per heavy atom. The summed E-state index contributed by atoms with van der Waals surface area (Å²) in [5.41, 5.74) is 1.16. The molecule has 2 aliphatic heterocycles. The quantitative estimate of drug-likeness (QED) is 0.265. The number of aliphatic carboxylic acids is 2. The Morgan fingerprint density at radius 1 is 1.00 bits per heavy atom. The highest BCUT2D eigenvalue weighted by molar-refractivity contribution is 6.30. The Bertz CT molecular complexity index is 1020. The minimum absolute atomic E-state index is 0.0474. The number of carboxylic acid groups (broad SMARTS) is 2. The fraction of sp³-hybridized carbons (Fsp3) is 0.643. The predicted molar refractivity (Wildman–Crippen MR) is 145 cm³/mol. The molecule has 4 aliphatic rings. The van der Waals surface area contributed by atoms with E-state index in [2.05, 4.69) is 22.8 Å². The van der Waals surface area contributed by atoms with Crippen LogP contribution in [0.4, 0.5) is 5.69 Å². The van der Waals surface area contributed by atoms with Crippen molar-refractivity contribution < 1.29 is 34.1 Å². The molecule has 5 atom stereocenters. The molecule has 2 bridgehead atoms. The van der Waals surface area contributed by atoms with E-state index >= 15 is 0 Å². The molecule has 1 aromatic carbocycles. The number of rotatable bonds is 9. The number of imide groups is 1. The van der Waals surface area contributed by atoms with Crippen LogP contribution in [-0.4, -0.2) is 95.7 Å². The van der Waals surface area contributed by atoms with Crippen molar-refractivity contribution >= 4 is 41.0 Å². The third kappa shape index (κ3) is 6.91. The summed E-state index contributed by atoms with van der Waals surface area (Å²) in [5.74, 6) is -2.73. The Hall–Kier alpha value is -2.69. The van der Waals surface area contributed by atoms with E-state index in [1.807, 2.05) is 18.2 Å². The normalized spacial score (nSPS) is 26.8. The van der Waals surface area contributed by atoms with Crippen LogP contribution in [0.3, 0.4) is 0 Å². The highest BCUT2D eigenvalue weighted by atomic mass is 35.5. The third-order valence-corrected chi connectivity index (χ3v) is 8.68. The minimum atomic E-state index is -1.82. The topological polar surface area (TPSA) is 128 Å². The largest absolute Gasteiger partial charge is 0.473 e. The number of hydrogen-bond acceptors (Lipinski definition) is 7. The Kier molecular flexibility index (Phi) is 9.85. The van der Waals surface area contributed by atoms with Crippen LogP contribution in [0, 0.1) is 23.7 Å². The van der Waals surface area contributed by atoms with Crippen molar-refractivity contribution in [3.63, 3.8) is 0 Å². The molecule has 3 unspecified atom stereocenters. The number of carbonyl (C=O) groups excluding carboxylic acids is 2. The van der Waals surface area contributed by atoms with Crippen LogP contribution in [0.2, 0.25) is 5.02 Å². The van der Waals surface area contributed by atoms with Crippen molar-refractivity contribution in [3.05, 3.63) is 29.3 Å². The Balaban J connectivity index is 0.000000531. The summed E-state index contributed by atoms with van der Waals surface area (Å²) < 4.78 is 6.24. The maximum atomic E-state index is 13.2. The molecular formula is C28H38ClN3O7. The molecule has 2 aliphatic carbocycles. The highest BCUT2D eigenvalue weighted by Crippen LogP contribution is 2.56. The van der Waals surface area contributed by atoms with Crippen LogP contribution in [0.15, 0.2) is 24.3 Å². The van der Waals surface area contributed by atoms with Crippen molar-refractivity contribution in [2.24, 2.45) is 23.7 Å². The number of ether oxygens (including phenoxy) is 1. The van der Waals surface area contributed by atoms with Crippen molar-refractivity contribution in [1.82, 2.24) is 9.80 Å². The number of carboxylic acids is 2. The molecule has 11 heteroatoms. The number of fused-ring (bicyclic) bond motifs is 5. The van der Waals surface area contributed by atoms with Crippen LogP contribution < -0.4 is 4.90 Å². The van der Waals surface area contributed by atoms with Gasteiger partial charge in [-0.15, -0.1) is 0 Å². The van der Waals surface area contributed by atoms with Gasteiger partial charge in [0.15, 0.2) is 0 Å². The summed E-state index contributed by atoms with van der Waals surface area (Å²) in [6.45, 7) is 7.70. The van der Waals surface area contributed by atoms with E-state index in [0.717, 1.165) is 75.5 Å². The van der Waals surface area contributed by atoms with Crippen molar-refractivity contribution in [2.45, 2.75) is 45.1 Å². The summed E-state index contributed by atoms with van der Waals surface area (Å²) in [5, 5.41) is 15.5. The number of anilines is 1. The van der Waals surface area contributed by atoms with Crippen LogP contribution >= 0.6 is 11.6 Å². The first-order valence-electron chi connectivity index (χ1n) is 13.9. The summed E-state index contributed by atoms with van der Waals surface area (Å²) in [6, 6.07) is 8.02. The molecule has 2 amide bonds. The zero-order chi connectivity index (χ0) is 28.1. The van der Waals surface area contributed by atoms with E-state index in [0.29, 0.717) is 25.0 Å². The summed E-state index contributed by atoms with van der Waals surface area (Å²) >= 11 is 6.17. The fourth-order valence-corrected chi connectivity index (χ4v) is 6.75. The lowest BCUT2D eigenvalue weighted by molar-refractivity contribution is -0.159. The van der Waals surface area contributed by atoms with Crippen molar-refractivity contribution in [2.75, 3.05) is 50.8 Å². The van der Waals surface area contributed by atoms with Crippen molar-refractivity contribution in [1.29, 1.82) is 0 Å². The number of piperazine rings is 1. The zero-order valence-electron chi connectivity index (χ0n) is 22.3. The lowest BCUT2D eigenvalue weighted by Gasteiger charge is -2.38. The fourth-order valence-electron chi connectivity index (χ4n) is 6.56. The molecule has 2 N–H and O–H groups in total. The molecule has 1 aromatic rings. The first-order chi connectivity index (χ1) is 18.7. The zero-order valence-corrected chi connectivity index (χ0v) is 23.1. The SMILES string of the molecule is CCCCOC(CN1CCN(c2cccc(Cl)c2)CC1)CN1C(=O)C2C3CC[C@@H](C3)[C@@H]2C1=O.O=C(O)C(=O)O. The molecule has 214 valence electrons. The minimum Gasteiger partial charge on any atom is -0.473 e. The van der Waals surface area contributed by atoms with Gasteiger partial charge < -0.3 is 19.8 Å². The smallest absolute Gasteiger partial charge is 0.414 e. The van der Waals surface area contributed by atoms with Crippen LogP contribution in [0.1, 0.15) is 39.0 Å². The number of carbonyl (C=O) groups is 4. The summed E-state index contributed by atoms with van der Waals surface area (Å²) in [4.78, 5) is 50.9. The molecule has 0 spiro atoms. The van der Waals surface area contributed by atoms with E-state index in [4.69, 9.17) is 36.1 Å². The lowest BCUT2D eigenvalue weighted by Crippen LogP contribution is -2.51. The first-order valence-corrected chi connectivity index (χ1v) is 14.2. The number of amides is 2. The van der Waals surface area contributed by atoms with E-state index in [1.54, 1.807) is 4.90 Å². The molecule has 10 nitrogen and oxygen atoms in total. The number of hydrogen-bond donors (Lipinski definition) is 2. The molecular weight excluding hydrogens is 526 g/mol. The van der Waals surface area contributed by atoms with Gasteiger partial charge in [0.25, 0.3) is 0 Å². The van der Waals surface area contributed by atoms with E-state index < -0.39 is 11.9 Å². The molecule has 2 saturated heterocycles. The third-order valence-electron chi connectivity index (χ3n) is 8.45. The number of benzene rings is 1. The molecule has 2 saturated carbocycles. The first kappa shape index (κ1) is 29.3. The monoisotopic (exact) mass is 563 g/mol. The second-order valence-corrected chi connectivity index (χ2v) is 11.3. The van der Waals surface area contributed by atoms with Crippen molar-refractivity contribution in [3.8, 4) is 0 Å². The number of unbranched alkanes of at least 4 members (excludes halogenated alkanes) is 1. The highest BCUT2D eigenvalue weighted by Gasteiger charge is 2.60. The number of likely N-dealkylation sites (tertiary alicyclic amines) is 1. The second-order valence-electron chi connectivity index (χ2n) is 10.9. The van der Waals surface area contributed by atoms with Gasteiger partial charge in [-0.25, -0.2) is 9.59 Å². The van der Waals surface area contributed by atoms with Gasteiger partial charge >= 0.3 is 11.9 Å². The molecule has 39 heavy (non-hydrogen) atoms. The molecule has 0 aromatic heterocycles. The van der Waals surface area contributed by atoms with Gasteiger partial charge in [-0.3, -0.25) is 19.4 Å². The van der Waals surface area contributed by atoms with Gasteiger partial charge in [-0.1, -0.05) is 31.0 Å².